The van der Waals surface area contributed by atoms with Crippen LogP contribution in [0.5, 0.6) is 0 Å². The van der Waals surface area contributed by atoms with Crippen molar-refractivity contribution in [2.75, 3.05) is 12.8 Å². The summed E-state index contributed by atoms with van der Waals surface area (Å²) in [7, 11) is 1.73. The van der Waals surface area contributed by atoms with Gasteiger partial charge >= 0.3 is 0 Å². The van der Waals surface area contributed by atoms with Crippen molar-refractivity contribution in [2.45, 2.75) is 19.8 Å². The number of aromatic nitrogens is 1. The van der Waals surface area contributed by atoms with Crippen molar-refractivity contribution in [1.29, 1.82) is 0 Å². The monoisotopic (exact) mass is 177 g/mol. The molecule has 70 valence electrons. The van der Waals surface area contributed by atoms with Crippen molar-refractivity contribution in [3.8, 4) is 0 Å². The van der Waals surface area contributed by atoms with E-state index < -0.39 is 0 Å². The minimum absolute atomic E-state index is 0.372. The summed E-state index contributed by atoms with van der Waals surface area (Å²) in [6, 6.07) is 1.79. The summed E-state index contributed by atoms with van der Waals surface area (Å²) < 4.78 is 0. The van der Waals surface area contributed by atoms with Crippen molar-refractivity contribution in [1.82, 2.24) is 4.98 Å². The normalized spacial score (nSPS) is 11.4. The van der Waals surface area contributed by atoms with E-state index in [0.717, 1.165) is 16.9 Å². The molecule has 0 spiro atoms. The lowest BCUT2D eigenvalue weighted by atomic mass is 10.0. The average Bonchev–Trinajstić information content (AvgIpc) is 2.08. The molecule has 1 rings (SSSR count). The maximum absolute atomic E-state index is 5.81. The minimum atomic E-state index is 0.372. The molecule has 0 fully saturated rings. The molecule has 0 aliphatic rings. The van der Waals surface area contributed by atoms with Crippen LogP contribution in [0.2, 0.25) is 0 Å². The van der Waals surface area contributed by atoms with Crippen molar-refractivity contribution < 1.29 is 0 Å². The second kappa shape index (κ2) is 4.03. The van der Waals surface area contributed by atoms with Crippen molar-refractivity contribution in [2.24, 2.45) is 4.99 Å². The van der Waals surface area contributed by atoms with Gasteiger partial charge in [-0.15, -0.1) is 0 Å². The van der Waals surface area contributed by atoms with E-state index in [-0.39, 0.29) is 0 Å². The highest BCUT2D eigenvalue weighted by Crippen LogP contribution is 2.19. The molecular weight excluding hydrogens is 162 g/mol. The zero-order valence-corrected chi connectivity index (χ0v) is 8.28. The van der Waals surface area contributed by atoms with Crippen LogP contribution in [0.4, 0.5) is 5.69 Å². The molecule has 0 aromatic carbocycles. The number of nitrogens with zero attached hydrogens (tertiary/aromatic N) is 2. The predicted octanol–water partition coefficient (Wildman–Crippen LogP) is 1.84. The second-order valence-corrected chi connectivity index (χ2v) is 3.24. The van der Waals surface area contributed by atoms with Crippen LogP contribution >= 0.6 is 0 Å². The number of nitrogens with two attached hydrogens (primary N) is 1. The Hall–Kier alpha value is -1.38. The first-order chi connectivity index (χ1) is 6.16. The van der Waals surface area contributed by atoms with Crippen molar-refractivity contribution >= 4 is 11.9 Å². The molecule has 2 N–H and O–H groups in total. The molecule has 0 atom stereocenters. The Morgan fingerprint density at radius 1 is 1.54 bits per heavy atom. The van der Waals surface area contributed by atoms with Gasteiger partial charge in [-0.05, 0) is 12.0 Å². The predicted molar refractivity (Wildman–Crippen MR) is 56.3 cm³/mol. The van der Waals surface area contributed by atoms with Crippen LogP contribution in [-0.2, 0) is 0 Å². The molecule has 3 heteroatoms. The molecule has 0 amide bonds. The summed E-state index contributed by atoms with van der Waals surface area (Å²) in [4.78, 5) is 8.25. The summed E-state index contributed by atoms with van der Waals surface area (Å²) in [5, 5.41) is 0. The Bertz CT molecular complexity index is 316. The molecule has 0 bridgehead atoms. The third-order valence-electron chi connectivity index (χ3n) is 1.86. The fourth-order valence-corrected chi connectivity index (χ4v) is 1.23. The van der Waals surface area contributed by atoms with E-state index in [4.69, 9.17) is 5.73 Å². The SMILES string of the molecule is CN=Cc1c(N)ccnc1C(C)C. The Balaban J connectivity index is 3.25. The topological polar surface area (TPSA) is 51.3 Å². The highest BCUT2D eigenvalue weighted by Gasteiger charge is 2.08. The number of nitrogen functional groups attached to an aromatic ring is 1. The van der Waals surface area contributed by atoms with Gasteiger partial charge in [0.15, 0.2) is 0 Å². The van der Waals surface area contributed by atoms with Crippen LogP contribution in [0.15, 0.2) is 17.3 Å². The van der Waals surface area contributed by atoms with Crippen molar-refractivity contribution in [3.63, 3.8) is 0 Å². The van der Waals surface area contributed by atoms with E-state index in [1.165, 1.54) is 0 Å². The first kappa shape index (κ1) is 9.71. The summed E-state index contributed by atoms with van der Waals surface area (Å²) in [5.74, 6) is 0.372. The van der Waals surface area contributed by atoms with Gasteiger partial charge in [0, 0.05) is 30.7 Å². The highest BCUT2D eigenvalue weighted by molar-refractivity contribution is 5.88. The second-order valence-electron chi connectivity index (χ2n) is 3.24. The number of hydrogen-bond donors (Lipinski definition) is 1. The number of aliphatic imine (C=N–C) groups is 1. The minimum Gasteiger partial charge on any atom is -0.398 e. The molecular formula is C10H15N3. The van der Waals surface area contributed by atoms with Gasteiger partial charge in [0.25, 0.3) is 0 Å². The molecule has 1 aromatic rings. The van der Waals surface area contributed by atoms with E-state index >= 15 is 0 Å². The summed E-state index contributed by atoms with van der Waals surface area (Å²) in [6.07, 6.45) is 3.50. The molecule has 0 aliphatic carbocycles. The number of anilines is 1. The maximum Gasteiger partial charge on any atom is 0.0537 e. The number of rotatable bonds is 2. The first-order valence-corrected chi connectivity index (χ1v) is 4.33. The van der Waals surface area contributed by atoms with Crippen LogP contribution in [0.25, 0.3) is 0 Å². The first-order valence-electron chi connectivity index (χ1n) is 4.33. The summed E-state index contributed by atoms with van der Waals surface area (Å²) in [5.41, 5.74) is 8.50. The zero-order chi connectivity index (χ0) is 9.84. The zero-order valence-electron chi connectivity index (χ0n) is 8.28. The highest BCUT2D eigenvalue weighted by atomic mass is 14.7. The average molecular weight is 177 g/mol. The quantitative estimate of drug-likeness (QED) is 0.701. The summed E-state index contributed by atoms with van der Waals surface area (Å²) >= 11 is 0. The van der Waals surface area contributed by atoms with Crippen molar-refractivity contribution in [3.05, 3.63) is 23.5 Å². The van der Waals surface area contributed by atoms with Gasteiger partial charge in [-0.25, -0.2) is 0 Å². The van der Waals surface area contributed by atoms with E-state index in [1.54, 1.807) is 25.5 Å². The van der Waals surface area contributed by atoms with E-state index in [0.29, 0.717) is 5.92 Å². The molecule has 0 radical (unpaired) electrons. The molecule has 0 aliphatic heterocycles. The summed E-state index contributed by atoms with van der Waals surface area (Å²) in [6.45, 7) is 4.18. The van der Waals surface area contributed by atoms with E-state index in [1.807, 2.05) is 0 Å². The smallest absolute Gasteiger partial charge is 0.0537 e. The van der Waals surface area contributed by atoms with Gasteiger partial charge in [-0.2, -0.15) is 0 Å². The maximum atomic E-state index is 5.81. The molecule has 0 saturated carbocycles. The van der Waals surface area contributed by atoms with Gasteiger partial charge in [0.1, 0.15) is 0 Å². The number of pyridine rings is 1. The molecule has 0 saturated heterocycles. The van der Waals surface area contributed by atoms with Crippen LogP contribution < -0.4 is 5.73 Å². The van der Waals surface area contributed by atoms with Gasteiger partial charge < -0.3 is 5.73 Å². The van der Waals surface area contributed by atoms with E-state index in [2.05, 4.69) is 23.8 Å². The number of hydrogen-bond acceptors (Lipinski definition) is 3. The van der Waals surface area contributed by atoms with E-state index in [9.17, 15) is 0 Å². The lowest BCUT2D eigenvalue weighted by Crippen LogP contribution is -2.03. The van der Waals surface area contributed by atoms with Gasteiger partial charge in [-0.1, -0.05) is 13.8 Å². The third-order valence-corrected chi connectivity index (χ3v) is 1.86. The van der Waals surface area contributed by atoms with Gasteiger partial charge in [0.05, 0.1) is 5.69 Å². The standard InChI is InChI=1S/C10H15N3/c1-7(2)10-8(6-12-3)9(11)4-5-13-10/h4-7H,1-3H3,(H2,11,13). The molecule has 13 heavy (non-hydrogen) atoms. The Morgan fingerprint density at radius 3 is 2.77 bits per heavy atom. The molecule has 3 nitrogen and oxygen atoms in total. The Labute approximate surface area is 78.7 Å². The lowest BCUT2D eigenvalue weighted by Gasteiger charge is -2.09. The Morgan fingerprint density at radius 2 is 2.23 bits per heavy atom. The lowest BCUT2D eigenvalue weighted by molar-refractivity contribution is 0.821. The molecule has 0 unspecified atom stereocenters. The fraction of sp³-hybridized carbons (Fsp3) is 0.400. The molecule has 1 aromatic heterocycles. The largest absolute Gasteiger partial charge is 0.398 e. The van der Waals surface area contributed by atoms with Gasteiger partial charge in [0.2, 0.25) is 0 Å². The third kappa shape index (κ3) is 2.05. The molecule has 1 heterocycles. The van der Waals surface area contributed by atoms with Crippen LogP contribution in [-0.4, -0.2) is 18.2 Å². The fourth-order valence-electron chi connectivity index (χ4n) is 1.23. The van der Waals surface area contributed by atoms with Crippen LogP contribution in [0.3, 0.4) is 0 Å². The van der Waals surface area contributed by atoms with Crippen LogP contribution in [0.1, 0.15) is 31.0 Å². The Kier molecular flexibility index (Phi) is 3.01. The van der Waals surface area contributed by atoms with Crippen LogP contribution in [0, 0.1) is 0 Å². The van der Waals surface area contributed by atoms with Gasteiger partial charge in [-0.3, -0.25) is 9.98 Å².